The summed E-state index contributed by atoms with van der Waals surface area (Å²) >= 11 is 13.6. The van der Waals surface area contributed by atoms with Crippen molar-refractivity contribution >= 4 is 56.3 Å². The van der Waals surface area contributed by atoms with E-state index in [0.29, 0.717) is 27.2 Å². The van der Waals surface area contributed by atoms with Crippen LogP contribution in [0, 0.1) is 0 Å². The van der Waals surface area contributed by atoms with Crippen LogP contribution in [0.25, 0.3) is 10.8 Å². The highest BCUT2D eigenvalue weighted by atomic mass is 35.5. The Kier molecular flexibility index (Phi) is 5.12. The van der Waals surface area contributed by atoms with E-state index in [0.717, 1.165) is 21.2 Å². The molecule has 0 saturated carbocycles. The summed E-state index contributed by atoms with van der Waals surface area (Å²) in [5.41, 5.74) is 1.57. The molecule has 0 aliphatic rings. The first-order valence-electron chi connectivity index (χ1n) is 8.27. The number of benzene rings is 3. The minimum Gasteiger partial charge on any atom is -0.298 e. The van der Waals surface area contributed by atoms with Gasteiger partial charge in [-0.05, 0) is 40.6 Å². The van der Waals surface area contributed by atoms with Crippen molar-refractivity contribution < 1.29 is 4.79 Å². The van der Waals surface area contributed by atoms with Crippen molar-refractivity contribution in [2.24, 2.45) is 0 Å². The molecule has 1 aromatic heterocycles. The zero-order valence-electron chi connectivity index (χ0n) is 14.1. The third kappa shape index (κ3) is 4.14. The van der Waals surface area contributed by atoms with Gasteiger partial charge < -0.3 is 0 Å². The maximum Gasteiger partial charge on any atom is 0.257 e. The highest BCUT2D eigenvalue weighted by Gasteiger charge is 2.11. The van der Waals surface area contributed by atoms with Crippen LogP contribution in [-0.2, 0) is 6.42 Å². The lowest BCUT2D eigenvalue weighted by Gasteiger charge is -2.04. The average molecular weight is 413 g/mol. The van der Waals surface area contributed by atoms with Gasteiger partial charge in [-0.2, -0.15) is 0 Å². The maximum atomic E-state index is 12.5. The summed E-state index contributed by atoms with van der Waals surface area (Å²) in [6.45, 7) is 0. The van der Waals surface area contributed by atoms with Crippen molar-refractivity contribution in [1.82, 2.24) is 4.98 Å². The highest BCUT2D eigenvalue weighted by Crippen LogP contribution is 2.27. The number of thiazole rings is 1. The van der Waals surface area contributed by atoms with Crippen molar-refractivity contribution in [3.05, 3.63) is 92.9 Å². The first kappa shape index (κ1) is 18.0. The molecular formula is C21H14Cl2N2OS. The number of fused-ring (bicyclic) bond motifs is 1. The Balaban J connectivity index is 1.48. The first-order chi connectivity index (χ1) is 13.1. The minimum atomic E-state index is -0.175. The van der Waals surface area contributed by atoms with Crippen LogP contribution in [-0.4, -0.2) is 10.9 Å². The quantitative estimate of drug-likeness (QED) is 0.418. The van der Waals surface area contributed by atoms with E-state index in [1.54, 1.807) is 12.3 Å². The average Bonchev–Trinajstić information content (AvgIpc) is 3.10. The van der Waals surface area contributed by atoms with Crippen LogP contribution in [0.15, 0.2) is 66.9 Å². The van der Waals surface area contributed by atoms with Gasteiger partial charge >= 0.3 is 0 Å². The van der Waals surface area contributed by atoms with Gasteiger partial charge in [0, 0.05) is 33.1 Å². The minimum absolute atomic E-state index is 0.175. The molecule has 0 fully saturated rings. The second kappa shape index (κ2) is 7.69. The standard InChI is InChI=1S/C21H14Cl2N2OS/c22-17-8-7-15(19(23)11-17)10-18-12-24-21(27-18)25-20(26)16-6-5-13-3-1-2-4-14(13)9-16/h1-9,11-12H,10H2,(H,24,25,26). The van der Waals surface area contributed by atoms with Crippen molar-refractivity contribution in [1.29, 1.82) is 0 Å². The SMILES string of the molecule is O=C(Nc1ncc(Cc2ccc(Cl)cc2Cl)s1)c1ccc2ccccc2c1. The Morgan fingerprint density at radius 3 is 2.63 bits per heavy atom. The lowest BCUT2D eigenvalue weighted by Crippen LogP contribution is -2.11. The number of rotatable bonds is 4. The number of carbonyl (C=O) groups excluding carboxylic acids is 1. The summed E-state index contributed by atoms with van der Waals surface area (Å²) in [6, 6.07) is 19.0. The molecule has 4 rings (SSSR count). The van der Waals surface area contributed by atoms with Crippen molar-refractivity contribution in [2.75, 3.05) is 5.32 Å². The molecule has 3 nitrogen and oxygen atoms in total. The van der Waals surface area contributed by atoms with Gasteiger partial charge in [-0.1, -0.05) is 59.6 Å². The predicted octanol–water partition coefficient (Wildman–Crippen LogP) is 6.45. The van der Waals surface area contributed by atoms with Crippen LogP contribution in [0.4, 0.5) is 5.13 Å². The summed E-state index contributed by atoms with van der Waals surface area (Å²) in [5.74, 6) is -0.175. The predicted molar refractivity (Wildman–Crippen MR) is 113 cm³/mol. The van der Waals surface area contributed by atoms with Crippen LogP contribution >= 0.6 is 34.5 Å². The van der Waals surface area contributed by atoms with E-state index in [9.17, 15) is 4.79 Å². The fourth-order valence-electron chi connectivity index (χ4n) is 2.80. The molecule has 0 atom stereocenters. The van der Waals surface area contributed by atoms with Gasteiger partial charge in [0.25, 0.3) is 5.91 Å². The van der Waals surface area contributed by atoms with E-state index in [1.165, 1.54) is 11.3 Å². The Morgan fingerprint density at radius 2 is 1.81 bits per heavy atom. The molecule has 4 aromatic rings. The summed E-state index contributed by atoms with van der Waals surface area (Å²) in [7, 11) is 0. The molecule has 0 radical (unpaired) electrons. The van der Waals surface area contributed by atoms with E-state index in [1.807, 2.05) is 54.6 Å². The third-order valence-electron chi connectivity index (χ3n) is 4.17. The second-order valence-electron chi connectivity index (χ2n) is 6.06. The Labute approximate surface area is 170 Å². The van der Waals surface area contributed by atoms with Gasteiger partial charge in [0.15, 0.2) is 5.13 Å². The molecule has 3 aromatic carbocycles. The zero-order valence-corrected chi connectivity index (χ0v) is 16.4. The van der Waals surface area contributed by atoms with Crippen molar-refractivity contribution in [2.45, 2.75) is 6.42 Å². The largest absolute Gasteiger partial charge is 0.298 e. The number of halogens is 2. The van der Waals surface area contributed by atoms with Gasteiger partial charge in [0.2, 0.25) is 0 Å². The molecule has 134 valence electrons. The summed E-state index contributed by atoms with van der Waals surface area (Å²) in [6.07, 6.45) is 2.39. The molecule has 27 heavy (non-hydrogen) atoms. The van der Waals surface area contributed by atoms with Gasteiger partial charge in [-0.25, -0.2) is 4.98 Å². The number of anilines is 1. The number of amides is 1. The number of hydrogen-bond acceptors (Lipinski definition) is 3. The summed E-state index contributed by atoms with van der Waals surface area (Å²) in [5, 5.41) is 6.79. The topological polar surface area (TPSA) is 42.0 Å². The van der Waals surface area contributed by atoms with E-state index in [2.05, 4.69) is 10.3 Å². The fraction of sp³-hybridized carbons (Fsp3) is 0.0476. The van der Waals surface area contributed by atoms with E-state index < -0.39 is 0 Å². The van der Waals surface area contributed by atoms with Gasteiger partial charge in [-0.3, -0.25) is 10.1 Å². The molecule has 0 aliphatic carbocycles. The maximum absolute atomic E-state index is 12.5. The van der Waals surface area contributed by atoms with Crippen LogP contribution in [0.1, 0.15) is 20.8 Å². The lowest BCUT2D eigenvalue weighted by molar-refractivity contribution is 0.102. The van der Waals surface area contributed by atoms with Gasteiger partial charge in [-0.15, -0.1) is 11.3 Å². The molecular weight excluding hydrogens is 399 g/mol. The molecule has 1 N–H and O–H groups in total. The van der Waals surface area contributed by atoms with Crippen molar-refractivity contribution in [3.63, 3.8) is 0 Å². The van der Waals surface area contributed by atoms with Gasteiger partial charge in [0.05, 0.1) is 0 Å². The zero-order chi connectivity index (χ0) is 18.8. The number of nitrogens with zero attached hydrogens (tertiary/aromatic N) is 1. The normalized spacial score (nSPS) is 10.9. The van der Waals surface area contributed by atoms with Gasteiger partial charge in [0.1, 0.15) is 0 Å². The third-order valence-corrected chi connectivity index (χ3v) is 5.67. The molecule has 6 heteroatoms. The molecule has 0 bridgehead atoms. The monoisotopic (exact) mass is 412 g/mol. The van der Waals surface area contributed by atoms with Crippen LogP contribution in [0.2, 0.25) is 10.0 Å². The van der Waals surface area contributed by atoms with Crippen LogP contribution < -0.4 is 5.32 Å². The molecule has 0 unspecified atom stereocenters. The number of carbonyl (C=O) groups is 1. The Morgan fingerprint density at radius 1 is 1.00 bits per heavy atom. The molecule has 0 spiro atoms. The number of aromatic nitrogens is 1. The first-order valence-corrected chi connectivity index (χ1v) is 9.84. The second-order valence-corrected chi connectivity index (χ2v) is 8.02. The molecule has 1 amide bonds. The molecule has 0 saturated heterocycles. The number of nitrogens with one attached hydrogen (secondary N) is 1. The lowest BCUT2D eigenvalue weighted by atomic mass is 10.1. The molecule has 1 heterocycles. The van der Waals surface area contributed by atoms with E-state index in [4.69, 9.17) is 23.2 Å². The smallest absolute Gasteiger partial charge is 0.257 e. The number of hydrogen-bond donors (Lipinski definition) is 1. The summed E-state index contributed by atoms with van der Waals surface area (Å²) < 4.78 is 0. The van der Waals surface area contributed by atoms with Crippen LogP contribution in [0.3, 0.4) is 0 Å². The highest BCUT2D eigenvalue weighted by molar-refractivity contribution is 7.15. The summed E-state index contributed by atoms with van der Waals surface area (Å²) in [4.78, 5) is 17.8. The Bertz CT molecular complexity index is 1140. The fourth-order valence-corrected chi connectivity index (χ4v) is 4.11. The van der Waals surface area contributed by atoms with Crippen molar-refractivity contribution in [3.8, 4) is 0 Å². The molecule has 0 aliphatic heterocycles. The van der Waals surface area contributed by atoms with Crippen LogP contribution in [0.5, 0.6) is 0 Å². The van der Waals surface area contributed by atoms with E-state index in [-0.39, 0.29) is 5.91 Å². The van der Waals surface area contributed by atoms with E-state index >= 15 is 0 Å². The Hall–Kier alpha value is -2.40.